The fraction of sp³-hybridized carbons (Fsp3) is 0. The standard InChI is InChI=1S/C22H12N6.Pt/c1-3-14-5-7-16(18-9-11-23-27-18)25-21(14)20-13(1)2-4-15-6-8-17(26-22(15)20)19-10-12-24-28-19;/h1-12H;/q-2;+2. The number of pyridine rings is 2. The SMILES string of the molecule is [Pt+2].c1cc(-c2ccc3ccc4ccc5ccc(-c6ccn[n-]6)nc5c4c3n2)[n-]n1. The number of fused-ring (bicyclic) bond motifs is 5. The van der Waals surface area contributed by atoms with Crippen LogP contribution in [-0.2, 0) is 21.1 Å². The second kappa shape index (κ2) is 6.90. The van der Waals surface area contributed by atoms with E-state index in [9.17, 15) is 0 Å². The van der Waals surface area contributed by atoms with Crippen LogP contribution in [0.3, 0.4) is 0 Å². The Morgan fingerprint density at radius 1 is 0.517 bits per heavy atom. The largest absolute Gasteiger partial charge is 2.00 e. The molecular weight excluding hydrogens is 543 g/mol. The maximum Gasteiger partial charge on any atom is 2.00 e. The Balaban J connectivity index is 0.00000181. The molecule has 0 unspecified atom stereocenters. The van der Waals surface area contributed by atoms with Gasteiger partial charge >= 0.3 is 21.1 Å². The first-order chi connectivity index (χ1) is 13.9. The number of nitrogens with zero attached hydrogens (tertiary/aromatic N) is 6. The van der Waals surface area contributed by atoms with Crippen molar-refractivity contribution in [3.63, 3.8) is 0 Å². The predicted molar refractivity (Wildman–Crippen MR) is 108 cm³/mol. The van der Waals surface area contributed by atoms with Gasteiger partial charge < -0.3 is 20.4 Å². The maximum absolute atomic E-state index is 4.92. The third kappa shape index (κ3) is 2.84. The minimum absolute atomic E-state index is 0. The van der Waals surface area contributed by atoms with E-state index >= 15 is 0 Å². The van der Waals surface area contributed by atoms with Crippen molar-refractivity contribution in [3.05, 3.63) is 73.1 Å². The van der Waals surface area contributed by atoms with E-state index in [1.165, 1.54) is 0 Å². The summed E-state index contributed by atoms with van der Waals surface area (Å²) in [6.45, 7) is 0. The van der Waals surface area contributed by atoms with E-state index in [0.29, 0.717) is 0 Å². The van der Waals surface area contributed by atoms with Crippen LogP contribution in [0.15, 0.2) is 73.1 Å². The molecule has 140 valence electrons. The summed E-state index contributed by atoms with van der Waals surface area (Å²) in [6, 6.07) is 20.2. The summed E-state index contributed by atoms with van der Waals surface area (Å²) in [7, 11) is 0. The smallest absolute Gasteiger partial charge is 0.574 e. The molecule has 4 heterocycles. The van der Waals surface area contributed by atoms with Crippen molar-refractivity contribution in [1.82, 2.24) is 30.4 Å². The first kappa shape index (κ1) is 17.7. The zero-order valence-corrected chi connectivity index (χ0v) is 17.2. The van der Waals surface area contributed by atoms with Crippen LogP contribution in [0, 0.1) is 0 Å². The molecule has 0 aliphatic heterocycles. The molecule has 0 saturated heterocycles. The zero-order valence-electron chi connectivity index (χ0n) is 14.9. The van der Waals surface area contributed by atoms with Crippen LogP contribution < -0.4 is 10.2 Å². The van der Waals surface area contributed by atoms with Gasteiger partial charge in [0.15, 0.2) is 0 Å². The van der Waals surface area contributed by atoms with Gasteiger partial charge in [0.1, 0.15) is 0 Å². The molecule has 29 heavy (non-hydrogen) atoms. The Labute approximate surface area is 179 Å². The second-order valence-electron chi connectivity index (χ2n) is 6.60. The normalized spacial score (nSPS) is 11.2. The van der Waals surface area contributed by atoms with Gasteiger partial charge in [-0.2, -0.15) is 0 Å². The maximum atomic E-state index is 4.92. The molecule has 0 radical (unpaired) electrons. The van der Waals surface area contributed by atoms with E-state index < -0.39 is 0 Å². The molecule has 2 aromatic carbocycles. The number of aromatic nitrogens is 6. The summed E-state index contributed by atoms with van der Waals surface area (Å²) in [5, 5.41) is 20.3. The van der Waals surface area contributed by atoms with Gasteiger partial charge in [0, 0.05) is 28.6 Å². The molecule has 6 rings (SSSR count). The van der Waals surface area contributed by atoms with Gasteiger partial charge in [-0.3, -0.25) is 0 Å². The predicted octanol–water partition coefficient (Wildman–Crippen LogP) is 3.97. The molecular formula is C22H12N6Pt. The van der Waals surface area contributed by atoms with Crippen molar-refractivity contribution in [1.29, 1.82) is 0 Å². The summed E-state index contributed by atoms with van der Waals surface area (Å²) in [4.78, 5) is 9.84. The number of rotatable bonds is 2. The molecule has 0 N–H and O–H groups in total. The van der Waals surface area contributed by atoms with Gasteiger partial charge in [0.05, 0.1) is 22.4 Å². The first-order valence-corrected chi connectivity index (χ1v) is 8.89. The van der Waals surface area contributed by atoms with Crippen LogP contribution in [0.25, 0.3) is 55.4 Å². The molecule has 0 spiro atoms. The van der Waals surface area contributed by atoms with Gasteiger partial charge in [0.2, 0.25) is 0 Å². The summed E-state index contributed by atoms with van der Waals surface area (Å²) < 4.78 is 0. The molecule has 0 saturated carbocycles. The van der Waals surface area contributed by atoms with Gasteiger partial charge in [-0.05, 0) is 17.5 Å². The minimum atomic E-state index is 0. The van der Waals surface area contributed by atoms with Crippen molar-refractivity contribution >= 4 is 32.6 Å². The average molecular weight is 555 g/mol. The van der Waals surface area contributed by atoms with Crippen molar-refractivity contribution in [2.75, 3.05) is 0 Å². The molecule has 0 bridgehead atoms. The first-order valence-electron chi connectivity index (χ1n) is 8.89. The topological polar surface area (TPSA) is 79.8 Å². The molecule has 6 aromatic rings. The van der Waals surface area contributed by atoms with Crippen LogP contribution in [0.4, 0.5) is 0 Å². The van der Waals surface area contributed by atoms with E-state index in [2.05, 4.69) is 56.8 Å². The Kier molecular flexibility index (Phi) is 4.22. The Hall–Kier alpha value is -3.37. The van der Waals surface area contributed by atoms with E-state index in [1.54, 1.807) is 12.4 Å². The number of hydrogen-bond acceptors (Lipinski definition) is 4. The van der Waals surface area contributed by atoms with Gasteiger partial charge in [-0.25, -0.2) is 9.97 Å². The number of benzene rings is 2. The molecule has 0 aliphatic carbocycles. The Bertz CT molecular complexity index is 1350. The van der Waals surface area contributed by atoms with E-state index in [-0.39, 0.29) is 21.1 Å². The Morgan fingerprint density at radius 3 is 1.41 bits per heavy atom. The zero-order chi connectivity index (χ0) is 18.5. The second-order valence-corrected chi connectivity index (χ2v) is 6.60. The van der Waals surface area contributed by atoms with Crippen molar-refractivity contribution in [3.8, 4) is 22.8 Å². The van der Waals surface area contributed by atoms with E-state index in [0.717, 1.165) is 55.4 Å². The van der Waals surface area contributed by atoms with Crippen LogP contribution in [0.5, 0.6) is 0 Å². The van der Waals surface area contributed by atoms with E-state index in [1.807, 2.05) is 24.3 Å². The molecule has 6 nitrogen and oxygen atoms in total. The van der Waals surface area contributed by atoms with Crippen LogP contribution in [0.1, 0.15) is 0 Å². The molecule has 7 heteroatoms. The third-order valence-electron chi connectivity index (χ3n) is 4.95. The quantitative estimate of drug-likeness (QED) is 0.301. The molecule has 0 aliphatic rings. The van der Waals surface area contributed by atoms with Crippen molar-refractivity contribution in [2.24, 2.45) is 0 Å². The third-order valence-corrected chi connectivity index (χ3v) is 4.95. The summed E-state index contributed by atoms with van der Waals surface area (Å²) in [5.41, 5.74) is 4.93. The minimum Gasteiger partial charge on any atom is -0.574 e. The summed E-state index contributed by atoms with van der Waals surface area (Å²) in [5.74, 6) is 0. The fourth-order valence-corrected chi connectivity index (χ4v) is 3.60. The Morgan fingerprint density at radius 2 is 0.966 bits per heavy atom. The monoisotopic (exact) mass is 555 g/mol. The molecule has 0 fully saturated rings. The average Bonchev–Trinajstić information content (AvgIpc) is 3.46. The van der Waals surface area contributed by atoms with Crippen LogP contribution >= 0.6 is 0 Å². The van der Waals surface area contributed by atoms with Crippen LogP contribution in [-0.4, -0.2) is 20.2 Å². The molecule has 0 atom stereocenters. The summed E-state index contributed by atoms with van der Waals surface area (Å²) >= 11 is 0. The molecule has 0 amide bonds. The van der Waals surface area contributed by atoms with Crippen LogP contribution in [0.2, 0.25) is 0 Å². The van der Waals surface area contributed by atoms with Crippen molar-refractivity contribution in [2.45, 2.75) is 0 Å². The van der Waals surface area contributed by atoms with Gasteiger partial charge in [-0.1, -0.05) is 59.9 Å². The van der Waals surface area contributed by atoms with E-state index in [4.69, 9.17) is 9.97 Å². The number of hydrogen-bond donors (Lipinski definition) is 0. The molecule has 4 aromatic heterocycles. The van der Waals surface area contributed by atoms with Gasteiger partial charge in [-0.15, -0.1) is 0 Å². The summed E-state index contributed by atoms with van der Waals surface area (Å²) in [6.07, 6.45) is 3.35. The van der Waals surface area contributed by atoms with Crippen molar-refractivity contribution < 1.29 is 21.1 Å². The fourth-order valence-electron chi connectivity index (χ4n) is 3.60. The van der Waals surface area contributed by atoms with Gasteiger partial charge in [0.25, 0.3) is 0 Å².